The van der Waals surface area contributed by atoms with E-state index < -0.39 is 0 Å². The molecule has 1 aliphatic heterocycles. The number of benzene rings is 1. The molecule has 3 aromatic heterocycles. The van der Waals surface area contributed by atoms with E-state index in [1.165, 1.54) is 12.1 Å². The lowest BCUT2D eigenvalue weighted by molar-refractivity contribution is 0.627. The molecule has 138 valence electrons. The van der Waals surface area contributed by atoms with Crippen molar-refractivity contribution in [3.63, 3.8) is 0 Å². The van der Waals surface area contributed by atoms with Crippen molar-refractivity contribution in [2.75, 3.05) is 0 Å². The van der Waals surface area contributed by atoms with Gasteiger partial charge < -0.3 is 9.13 Å². The topological polar surface area (TPSA) is 53.5 Å². The molecule has 27 heavy (non-hydrogen) atoms. The maximum Gasteiger partial charge on any atom is 0.161 e. The first-order chi connectivity index (χ1) is 12.6. The van der Waals surface area contributed by atoms with Gasteiger partial charge in [-0.2, -0.15) is 5.10 Å². The van der Waals surface area contributed by atoms with Gasteiger partial charge in [0, 0.05) is 30.9 Å². The van der Waals surface area contributed by atoms with E-state index in [0.717, 1.165) is 34.2 Å². The van der Waals surface area contributed by atoms with Gasteiger partial charge in [0.2, 0.25) is 0 Å². The summed E-state index contributed by atoms with van der Waals surface area (Å²) in [6.07, 6.45) is 4.41. The Hall–Kier alpha value is -2.93. The van der Waals surface area contributed by atoms with Crippen LogP contribution in [0.25, 0.3) is 17.1 Å². The number of nitrogens with zero attached hydrogens (tertiary/aromatic N) is 6. The summed E-state index contributed by atoms with van der Waals surface area (Å²) in [7, 11) is 2.00. The highest BCUT2D eigenvalue weighted by Crippen LogP contribution is 2.32. The van der Waals surface area contributed by atoms with Crippen LogP contribution in [-0.4, -0.2) is 28.9 Å². The van der Waals surface area contributed by atoms with Crippen LogP contribution < -0.4 is 0 Å². The van der Waals surface area contributed by atoms with Crippen molar-refractivity contribution >= 4 is 12.4 Å². The second kappa shape index (κ2) is 6.35. The first kappa shape index (κ1) is 17.5. The van der Waals surface area contributed by atoms with Gasteiger partial charge in [0.1, 0.15) is 5.82 Å². The zero-order chi connectivity index (χ0) is 17.8. The summed E-state index contributed by atoms with van der Waals surface area (Å²) < 4.78 is 19.9. The number of hydrogen-bond acceptors (Lipinski definition) is 3. The van der Waals surface area contributed by atoms with E-state index in [1.807, 2.05) is 35.5 Å². The molecule has 0 N–H and O–H groups in total. The highest BCUT2D eigenvalue weighted by atomic mass is 35.5. The summed E-state index contributed by atoms with van der Waals surface area (Å²) in [5.74, 6) is 1.12. The van der Waals surface area contributed by atoms with Crippen LogP contribution in [0.1, 0.15) is 22.9 Å². The van der Waals surface area contributed by atoms with Crippen LogP contribution in [0, 0.1) is 12.7 Å². The third kappa shape index (κ3) is 2.75. The lowest BCUT2D eigenvalue weighted by Crippen LogP contribution is -2.06. The van der Waals surface area contributed by atoms with Gasteiger partial charge in [-0.05, 0) is 37.3 Å². The Labute approximate surface area is 161 Å². The van der Waals surface area contributed by atoms with Crippen LogP contribution in [0.5, 0.6) is 0 Å². The molecule has 0 atom stereocenters. The van der Waals surface area contributed by atoms with E-state index in [1.54, 1.807) is 12.4 Å². The van der Waals surface area contributed by atoms with Gasteiger partial charge >= 0.3 is 0 Å². The molecule has 0 amide bonds. The average Bonchev–Trinajstić information content (AvgIpc) is 3.28. The molecule has 0 saturated carbocycles. The predicted octanol–water partition coefficient (Wildman–Crippen LogP) is 3.29. The molecule has 0 unspecified atom stereocenters. The van der Waals surface area contributed by atoms with Crippen molar-refractivity contribution in [2.45, 2.75) is 19.9 Å². The minimum atomic E-state index is -0.289. The van der Waals surface area contributed by atoms with Crippen molar-refractivity contribution < 1.29 is 4.39 Å². The number of fused-ring (bicyclic) bond motifs is 5. The molecular formula is C19H18ClFN6. The molecule has 0 saturated heterocycles. The summed E-state index contributed by atoms with van der Waals surface area (Å²) in [6.45, 7) is 2.53. The van der Waals surface area contributed by atoms with Crippen LogP contribution in [0.2, 0.25) is 0 Å². The molecule has 6 nitrogen and oxygen atoms in total. The van der Waals surface area contributed by atoms with Gasteiger partial charge in [-0.3, -0.25) is 0 Å². The summed E-state index contributed by atoms with van der Waals surface area (Å²) in [6, 6.07) is 8.82. The molecule has 5 rings (SSSR count). The molecule has 1 aromatic carbocycles. The number of aromatic nitrogens is 6. The molecular weight excluding hydrogens is 367 g/mol. The third-order valence-electron chi connectivity index (χ3n) is 4.94. The maximum atomic E-state index is 14.0. The number of hydrogen-bond donors (Lipinski definition) is 0. The Morgan fingerprint density at radius 1 is 1.22 bits per heavy atom. The largest absolute Gasteiger partial charge is 0.354 e. The standard InChI is InChI=1S/C19H17FN6.ClH/c1-12-17-10-26-19(22-18(23-26)9-14-4-3-7-24(14)2)15-8-13(20)5-6-16(15)25(17)11-21-12;/h3-8,11H,9-10H2,1-2H3;1H. The van der Waals surface area contributed by atoms with E-state index >= 15 is 0 Å². The van der Waals surface area contributed by atoms with Gasteiger partial charge in [-0.15, -0.1) is 12.4 Å². The molecule has 0 aliphatic carbocycles. The Morgan fingerprint density at radius 2 is 2.07 bits per heavy atom. The summed E-state index contributed by atoms with van der Waals surface area (Å²) >= 11 is 0. The zero-order valence-corrected chi connectivity index (χ0v) is 15.7. The monoisotopic (exact) mass is 384 g/mol. The fourth-order valence-corrected chi connectivity index (χ4v) is 3.52. The molecule has 1 aliphatic rings. The first-order valence-electron chi connectivity index (χ1n) is 8.47. The maximum absolute atomic E-state index is 14.0. The Morgan fingerprint density at radius 3 is 2.85 bits per heavy atom. The predicted molar refractivity (Wildman–Crippen MR) is 102 cm³/mol. The molecule has 8 heteroatoms. The van der Waals surface area contributed by atoms with Gasteiger partial charge in [0.05, 0.1) is 29.9 Å². The van der Waals surface area contributed by atoms with Crippen molar-refractivity contribution in [1.29, 1.82) is 0 Å². The highest BCUT2D eigenvalue weighted by molar-refractivity contribution is 5.85. The van der Waals surface area contributed by atoms with E-state index in [9.17, 15) is 4.39 Å². The van der Waals surface area contributed by atoms with Crippen LogP contribution in [0.3, 0.4) is 0 Å². The van der Waals surface area contributed by atoms with E-state index in [2.05, 4.69) is 15.6 Å². The fraction of sp³-hybridized carbons (Fsp3) is 0.211. The van der Waals surface area contributed by atoms with Gasteiger partial charge in [0.25, 0.3) is 0 Å². The molecule has 4 heterocycles. The van der Waals surface area contributed by atoms with Crippen LogP contribution in [-0.2, 0) is 20.0 Å². The quantitative estimate of drug-likeness (QED) is 0.469. The van der Waals surface area contributed by atoms with Crippen LogP contribution in [0.4, 0.5) is 4.39 Å². The summed E-state index contributed by atoms with van der Waals surface area (Å²) in [4.78, 5) is 9.16. The van der Waals surface area contributed by atoms with E-state index in [0.29, 0.717) is 18.8 Å². The van der Waals surface area contributed by atoms with Gasteiger partial charge in [-0.1, -0.05) is 0 Å². The Balaban J connectivity index is 0.00000180. The van der Waals surface area contributed by atoms with Crippen molar-refractivity contribution in [1.82, 2.24) is 28.9 Å². The molecule has 4 aromatic rings. The lowest BCUT2D eigenvalue weighted by atomic mass is 10.1. The van der Waals surface area contributed by atoms with Crippen molar-refractivity contribution in [3.05, 3.63) is 71.6 Å². The number of imidazole rings is 1. The molecule has 0 spiro atoms. The summed E-state index contributed by atoms with van der Waals surface area (Å²) in [5.41, 5.74) is 4.70. The Kier molecular flexibility index (Phi) is 4.11. The van der Waals surface area contributed by atoms with Crippen molar-refractivity contribution in [2.24, 2.45) is 7.05 Å². The number of rotatable bonds is 2. The third-order valence-corrected chi connectivity index (χ3v) is 4.94. The molecule has 0 bridgehead atoms. The second-order valence-electron chi connectivity index (χ2n) is 6.60. The van der Waals surface area contributed by atoms with Crippen LogP contribution in [0.15, 0.2) is 42.9 Å². The van der Waals surface area contributed by atoms with Gasteiger partial charge in [0.15, 0.2) is 11.6 Å². The molecule has 0 radical (unpaired) electrons. The minimum Gasteiger partial charge on any atom is -0.354 e. The fourth-order valence-electron chi connectivity index (χ4n) is 3.52. The minimum absolute atomic E-state index is 0. The number of halogens is 2. The zero-order valence-electron chi connectivity index (χ0n) is 14.9. The SMILES string of the molecule is Cc1ncn2c1Cn1nc(Cc3cccn3C)nc1-c1cc(F)ccc1-2.Cl. The van der Waals surface area contributed by atoms with Gasteiger partial charge in [-0.25, -0.2) is 19.0 Å². The van der Waals surface area contributed by atoms with Crippen molar-refractivity contribution in [3.8, 4) is 17.1 Å². The molecule has 0 fully saturated rings. The number of aryl methyl sites for hydroxylation is 2. The van der Waals surface area contributed by atoms with Crippen LogP contribution >= 0.6 is 12.4 Å². The highest BCUT2D eigenvalue weighted by Gasteiger charge is 2.24. The summed E-state index contributed by atoms with van der Waals surface area (Å²) in [5, 5.41) is 4.70. The lowest BCUT2D eigenvalue weighted by Gasteiger charge is -2.08. The Bertz CT molecular complexity index is 1140. The second-order valence-corrected chi connectivity index (χ2v) is 6.60. The smallest absolute Gasteiger partial charge is 0.161 e. The first-order valence-corrected chi connectivity index (χ1v) is 8.47. The normalized spacial score (nSPS) is 12.0. The van der Waals surface area contributed by atoms with E-state index in [-0.39, 0.29) is 18.2 Å². The van der Waals surface area contributed by atoms with E-state index in [4.69, 9.17) is 10.1 Å². The average molecular weight is 385 g/mol.